The lowest BCUT2D eigenvalue weighted by Gasteiger charge is -2.05. The van der Waals surface area contributed by atoms with Crippen molar-refractivity contribution in [3.63, 3.8) is 0 Å². The Hall–Kier alpha value is -1.25. The van der Waals surface area contributed by atoms with Crippen molar-refractivity contribution in [1.82, 2.24) is 0 Å². The fraction of sp³-hybridized carbons (Fsp3) is 0.545. The summed E-state index contributed by atoms with van der Waals surface area (Å²) in [5.74, 6) is 1.01. The summed E-state index contributed by atoms with van der Waals surface area (Å²) in [6, 6.07) is 0. The van der Waals surface area contributed by atoms with Crippen molar-refractivity contribution in [3.05, 3.63) is 23.7 Å². The number of allylic oxidation sites excluding steroid dienone is 2. The molecule has 0 fully saturated rings. The van der Waals surface area contributed by atoms with Crippen molar-refractivity contribution in [1.29, 1.82) is 0 Å². The van der Waals surface area contributed by atoms with Gasteiger partial charge in [0.2, 0.25) is 5.88 Å². The van der Waals surface area contributed by atoms with Gasteiger partial charge >= 0.3 is 0 Å². The highest BCUT2D eigenvalue weighted by molar-refractivity contribution is 5.79. The molecule has 3 heteroatoms. The Labute approximate surface area is 86.4 Å². The number of nitrogens with zero attached hydrogens (tertiary/aromatic N) is 1. The summed E-state index contributed by atoms with van der Waals surface area (Å²) in [5, 5.41) is 0. The molecule has 0 aliphatic heterocycles. The van der Waals surface area contributed by atoms with Gasteiger partial charge in [0.25, 0.3) is 0 Å². The van der Waals surface area contributed by atoms with Crippen LogP contribution in [0.5, 0.6) is 0 Å². The molecule has 14 heavy (non-hydrogen) atoms. The van der Waals surface area contributed by atoms with Crippen molar-refractivity contribution >= 4 is 6.21 Å². The van der Waals surface area contributed by atoms with Crippen molar-refractivity contribution in [2.45, 2.75) is 27.7 Å². The molecule has 80 valence electrons. The molecule has 0 aromatic heterocycles. The lowest BCUT2D eigenvalue weighted by atomic mass is 10.1. The molecule has 0 aliphatic rings. The van der Waals surface area contributed by atoms with Crippen LogP contribution in [0.2, 0.25) is 0 Å². The predicted octanol–water partition coefficient (Wildman–Crippen LogP) is 2.45. The van der Waals surface area contributed by atoms with Crippen molar-refractivity contribution in [3.8, 4) is 0 Å². The van der Waals surface area contributed by atoms with Gasteiger partial charge in [0.15, 0.2) is 0 Å². The number of nitrogens with two attached hydrogens (primary N) is 1. The zero-order chi connectivity index (χ0) is 11.0. The smallest absolute Gasteiger partial charge is 0.208 e. The second-order valence-electron chi connectivity index (χ2n) is 3.14. The monoisotopic (exact) mass is 196 g/mol. The van der Waals surface area contributed by atoms with E-state index in [1.807, 2.05) is 19.9 Å². The summed E-state index contributed by atoms with van der Waals surface area (Å²) in [4.78, 5) is 4.19. The van der Waals surface area contributed by atoms with Gasteiger partial charge in [0.05, 0.1) is 6.61 Å². The van der Waals surface area contributed by atoms with Crippen LogP contribution >= 0.6 is 0 Å². The molecule has 0 aromatic carbocycles. The van der Waals surface area contributed by atoms with E-state index in [0.717, 1.165) is 5.57 Å². The minimum Gasteiger partial charge on any atom is -0.478 e. The van der Waals surface area contributed by atoms with Crippen LogP contribution in [0.25, 0.3) is 0 Å². The molecule has 0 heterocycles. The Bertz CT molecular complexity index is 240. The van der Waals surface area contributed by atoms with Gasteiger partial charge in [-0.05, 0) is 37.6 Å². The molecular weight excluding hydrogens is 176 g/mol. The van der Waals surface area contributed by atoms with E-state index < -0.39 is 0 Å². The lowest BCUT2D eigenvalue weighted by molar-refractivity contribution is 0.227. The van der Waals surface area contributed by atoms with E-state index in [2.05, 4.69) is 18.8 Å². The first-order chi connectivity index (χ1) is 6.65. The van der Waals surface area contributed by atoms with Crippen LogP contribution in [-0.2, 0) is 4.74 Å². The first-order valence-electron chi connectivity index (χ1n) is 4.90. The summed E-state index contributed by atoms with van der Waals surface area (Å²) in [6.45, 7) is 8.59. The van der Waals surface area contributed by atoms with Gasteiger partial charge < -0.3 is 10.5 Å². The second kappa shape index (κ2) is 7.18. The Morgan fingerprint density at radius 3 is 2.50 bits per heavy atom. The van der Waals surface area contributed by atoms with Gasteiger partial charge in [0, 0.05) is 6.21 Å². The van der Waals surface area contributed by atoms with E-state index in [4.69, 9.17) is 10.5 Å². The summed E-state index contributed by atoms with van der Waals surface area (Å²) < 4.78 is 5.26. The third-order valence-electron chi connectivity index (χ3n) is 1.74. The average molecular weight is 196 g/mol. The summed E-state index contributed by atoms with van der Waals surface area (Å²) in [6.07, 6.45) is 5.15. The van der Waals surface area contributed by atoms with E-state index in [-0.39, 0.29) is 0 Å². The van der Waals surface area contributed by atoms with E-state index >= 15 is 0 Å². The van der Waals surface area contributed by atoms with Crippen LogP contribution < -0.4 is 5.73 Å². The van der Waals surface area contributed by atoms with Gasteiger partial charge in [-0.1, -0.05) is 13.8 Å². The number of hydrogen-bond donors (Lipinski definition) is 1. The van der Waals surface area contributed by atoms with E-state index in [1.54, 1.807) is 12.4 Å². The molecule has 0 rings (SSSR count). The molecule has 0 aromatic rings. The SMILES string of the molecule is C\C=C(/N=C/C(=C\N)C(C)C)OCC. The van der Waals surface area contributed by atoms with E-state index in [1.165, 1.54) is 0 Å². The minimum absolute atomic E-state index is 0.378. The van der Waals surface area contributed by atoms with Gasteiger partial charge in [-0.25, -0.2) is 4.99 Å². The number of aliphatic imine (C=N–C) groups is 1. The Morgan fingerprint density at radius 2 is 2.14 bits per heavy atom. The van der Waals surface area contributed by atoms with Crippen LogP contribution in [0, 0.1) is 5.92 Å². The van der Waals surface area contributed by atoms with Gasteiger partial charge in [-0.15, -0.1) is 0 Å². The third-order valence-corrected chi connectivity index (χ3v) is 1.74. The molecule has 2 N–H and O–H groups in total. The highest BCUT2D eigenvalue weighted by Crippen LogP contribution is 2.06. The summed E-state index contributed by atoms with van der Waals surface area (Å²) >= 11 is 0. The molecule has 0 unspecified atom stereocenters. The van der Waals surface area contributed by atoms with Crippen LogP contribution in [0.1, 0.15) is 27.7 Å². The van der Waals surface area contributed by atoms with Crippen molar-refractivity contribution in [2.24, 2.45) is 16.6 Å². The fourth-order valence-corrected chi connectivity index (χ4v) is 0.866. The Kier molecular flexibility index (Phi) is 6.54. The maximum absolute atomic E-state index is 5.46. The quantitative estimate of drug-likeness (QED) is 0.542. The Balaban J connectivity index is 4.40. The molecule has 0 saturated heterocycles. The van der Waals surface area contributed by atoms with Crippen molar-refractivity contribution in [2.75, 3.05) is 6.61 Å². The number of ether oxygens (including phenoxy) is 1. The highest BCUT2D eigenvalue weighted by atomic mass is 16.5. The topological polar surface area (TPSA) is 47.6 Å². The maximum Gasteiger partial charge on any atom is 0.208 e. The minimum atomic E-state index is 0.378. The Morgan fingerprint density at radius 1 is 1.50 bits per heavy atom. The average Bonchev–Trinajstić information content (AvgIpc) is 2.16. The van der Waals surface area contributed by atoms with E-state index in [0.29, 0.717) is 18.4 Å². The maximum atomic E-state index is 5.46. The molecular formula is C11H20N2O. The molecule has 3 nitrogen and oxygen atoms in total. The lowest BCUT2D eigenvalue weighted by Crippen LogP contribution is -2.00. The normalized spacial score (nSPS) is 14.1. The summed E-state index contributed by atoms with van der Waals surface area (Å²) in [5.41, 5.74) is 6.47. The zero-order valence-corrected chi connectivity index (χ0v) is 9.45. The van der Waals surface area contributed by atoms with Crippen LogP contribution in [0.4, 0.5) is 0 Å². The first-order valence-corrected chi connectivity index (χ1v) is 4.90. The van der Waals surface area contributed by atoms with E-state index in [9.17, 15) is 0 Å². The molecule has 0 radical (unpaired) electrons. The van der Waals surface area contributed by atoms with Gasteiger partial charge in [0.1, 0.15) is 0 Å². The molecule has 0 aliphatic carbocycles. The number of rotatable bonds is 5. The molecule has 0 saturated carbocycles. The highest BCUT2D eigenvalue weighted by Gasteiger charge is 1.99. The largest absolute Gasteiger partial charge is 0.478 e. The third kappa shape index (κ3) is 4.70. The standard InChI is InChI=1S/C11H20N2O/c1-5-11(14-6-2)13-8-10(7-12)9(3)4/h5,7-9H,6,12H2,1-4H3/b10-7+,11-5+,13-8+. The zero-order valence-electron chi connectivity index (χ0n) is 9.45. The molecule has 0 amide bonds. The van der Waals surface area contributed by atoms with Gasteiger partial charge in [-0.2, -0.15) is 0 Å². The van der Waals surface area contributed by atoms with Crippen molar-refractivity contribution < 1.29 is 4.74 Å². The van der Waals surface area contributed by atoms with Crippen LogP contribution in [0.15, 0.2) is 28.7 Å². The molecule has 0 bridgehead atoms. The summed E-state index contributed by atoms with van der Waals surface area (Å²) in [7, 11) is 0. The molecule has 0 spiro atoms. The number of hydrogen-bond acceptors (Lipinski definition) is 3. The van der Waals surface area contributed by atoms with Crippen LogP contribution in [0.3, 0.4) is 0 Å². The van der Waals surface area contributed by atoms with Crippen LogP contribution in [-0.4, -0.2) is 12.8 Å². The van der Waals surface area contributed by atoms with Gasteiger partial charge in [-0.3, -0.25) is 0 Å². The predicted molar refractivity (Wildman–Crippen MR) is 61.0 cm³/mol. The molecule has 0 atom stereocenters. The second-order valence-corrected chi connectivity index (χ2v) is 3.14. The first kappa shape index (κ1) is 12.8. The fourth-order valence-electron chi connectivity index (χ4n) is 0.866.